The summed E-state index contributed by atoms with van der Waals surface area (Å²) in [6, 6.07) is 0. The molecule has 0 bridgehead atoms. The topological polar surface area (TPSA) is 55.3 Å². The molecule has 0 N–H and O–H groups in total. The Hall–Kier alpha value is -1.65. The molecule has 1 aliphatic rings. The summed E-state index contributed by atoms with van der Waals surface area (Å²) in [4.78, 5) is 22.3. The van der Waals surface area contributed by atoms with Gasteiger partial charge in [0, 0.05) is 6.54 Å². The number of amides is 1. The molecule has 98 valence electrons. The van der Waals surface area contributed by atoms with E-state index in [0.29, 0.717) is 6.54 Å². The van der Waals surface area contributed by atoms with Gasteiger partial charge in [0.1, 0.15) is 11.4 Å². The summed E-state index contributed by atoms with van der Waals surface area (Å²) in [6.07, 6.45) is 3.18. The normalized spacial score (nSPS) is 15.2. The van der Waals surface area contributed by atoms with E-state index in [1.807, 2.05) is 27.7 Å². The van der Waals surface area contributed by atoms with Crippen molar-refractivity contribution in [2.75, 3.05) is 11.4 Å². The summed E-state index contributed by atoms with van der Waals surface area (Å²) >= 11 is 0. The van der Waals surface area contributed by atoms with E-state index in [2.05, 4.69) is 9.97 Å². The molecular weight excluding hydrogens is 230 g/mol. The van der Waals surface area contributed by atoms with Crippen LogP contribution in [0.1, 0.15) is 38.7 Å². The van der Waals surface area contributed by atoms with Gasteiger partial charge >= 0.3 is 6.09 Å². The predicted molar refractivity (Wildman–Crippen MR) is 68.7 cm³/mol. The second-order valence-corrected chi connectivity index (χ2v) is 5.48. The van der Waals surface area contributed by atoms with Crippen molar-refractivity contribution in [3.05, 3.63) is 17.7 Å². The first-order valence-electron chi connectivity index (χ1n) is 6.20. The fourth-order valence-corrected chi connectivity index (χ4v) is 1.95. The van der Waals surface area contributed by atoms with Crippen molar-refractivity contribution in [3.63, 3.8) is 0 Å². The number of hydrogen-bond acceptors (Lipinski definition) is 4. The summed E-state index contributed by atoms with van der Waals surface area (Å²) in [5.74, 6) is 0.736. The van der Waals surface area contributed by atoms with E-state index >= 15 is 0 Å². The van der Waals surface area contributed by atoms with Crippen molar-refractivity contribution >= 4 is 11.8 Å². The Bertz CT molecular complexity index is 466. The minimum absolute atomic E-state index is 0.323. The molecule has 1 aromatic heterocycles. The minimum Gasteiger partial charge on any atom is -0.443 e. The van der Waals surface area contributed by atoms with Crippen LogP contribution in [-0.2, 0) is 11.2 Å². The molecule has 0 radical (unpaired) electrons. The molecule has 0 spiro atoms. The molecular formula is C13H19N3O2. The molecule has 0 atom stereocenters. The molecule has 5 nitrogen and oxygen atoms in total. The van der Waals surface area contributed by atoms with Crippen LogP contribution in [-0.4, -0.2) is 28.2 Å². The smallest absolute Gasteiger partial charge is 0.414 e. The van der Waals surface area contributed by atoms with Crippen molar-refractivity contribution in [2.24, 2.45) is 0 Å². The van der Waals surface area contributed by atoms with E-state index in [1.165, 1.54) is 0 Å². The summed E-state index contributed by atoms with van der Waals surface area (Å²) in [5.41, 5.74) is 1.22. The van der Waals surface area contributed by atoms with Crippen LogP contribution in [0.15, 0.2) is 6.20 Å². The molecule has 1 aromatic rings. The first-order chi connectivity index (χ1) is 8.37. The quantitative estimate of drug-likeness (QED) is 0.708. The largest absolute Gasteiger partial charge is 0.443 e. The summed E-state index contributed by atoms with van der Waals surface area (Å²) in [5, 5.41) is 0. The Morgan fingerprint density at radius 2 is 2.17 bits per heavy atom. The summed E-state index contributed by atoms with van der Waals surface area (Å²) < 4.78 is 5.40. The van der Waals surface area contributed by atoms with Gasteiger partial charge in [0.05, 0.1) is 17.6 Å². The number of fused-ring (bicyclic) bond motifs is 1. The van der Waals surface area contributed by atoms with Crippen LogP contribution in [0.3, 0.4) is 0 Å². The highest BCUT2D eigenvalue weighted by molar-refractivity contribution is 5.88. The van der Waals surface area contributed by atoms with Crippen molar-refractivity contribution in [2.45, 2.75) is 46.1 Å². The van der Waals surface area contributed by atoms with Gasteiger partial charge in [-0.15, -0.1) is 0 Å². The zero-order valence-electron chi connectivity index (χ0n) is 11.4. The number of carbonyl (C=O) groups excluding carboxylic acids is 1. The number of hydrogen-bond donors (Lipinski definition) is 0. The molecule has 0 unspecified atom stereocenters. The van der Waals surface area contributed by atoms with Crippen LogP contribution >= 0.6 is 0 Å². The lowest BCUT2D eigenvalue weighted by Gasteiger charge is -2.30. The summed E-state index contributed by atoms with van der Waals surface area (Å²) in [6.45, 7) is 8.10. The maximum atomic E-state index is 12.1. The van der Waals surface area contributed by atoms with E-state index in [9.17, 15) is 4.79 Å². The number of aromatic nitrogens is 2. The lowest BCUT2D eigenvalue weighted by Crippen LogP contribution is -2.40. The number of ether oxygens (including phenoxy) is 1. The van der Waals surface area contributed by atoms with E-state index in [-0.39, 0.29) is 6.09 Å². The number of anilines is 1. The molecule has 0 aliphatic carbocycles. The Labute approximate surface area is 107 Å². The average Bonchev–Trinajstić information content (AvgIpc) is 2.25. The Kier molecular flexibility index (Phi) is 3.24. The van der Waals surface area contributed by atoms with Gasteiger partial charge < -0.3 is 4.74 Å². The van der Waals surface area contributed by atoms with Crippen LogP contribution in [0.5, 0.6) is 0 Å². The van der Waals surface area contributed by atoms with E-state index in [1.54, 1.807) is 11.1 Å². The van der Waals surface area contributed by atoms with Crippen molar-refractivity contribution in [1.29, 1.82) is 0 Å². The SMILES string of the molecule is Cc1ncc2c(n1)CCCN2C(=O)OC(C)(C)C. The van der Waals surface area contributed by atoms with Gasteiger partial charge in [-0.25, -0.2) is 14.8 Å². The first-order valence-corrected chi connectivity index (χ1v) is 6.20. The zero-order chi connectivity index (χ0) is 13.3. The average molecular weight is 249 g/mol. The van der Waals surface area contributed by atoms with Crippen LogP contribution < -0.4 is 4.90 Å². The van der Waals surface area contributed by atoms with Crippen LogP contribution in [0.4, 0.5) is 10.5 Å². The van der Waals surface area contributed by atoms with Crippen molar-refractivity contribution < 1.29 is 9.53 Å². The minimum atomic E-state index is -0.486. The molecule has 2 rings (SSSR count). The van der Waals surface area contributed by atoms with Gasteiger partial charge in [-0.2, -0.15) is 0 Å². The van der Waals surface area contributed by atoms with E-state index in [0.717, 1.165) is 30.0 Å². The first kappa shape index (κ1) is 12.8. The molecule has 0 fully saturated rings. The maximum absolute atomic E-state index is 12.1. The van der Waals surface area contributed by atoms with Gasteiger partial charge in [-0.3, -0.25) is 4.90 Å². The predicted octanol–water partition coefficient (Wildman–Crippen LogP) is 2.47. The molecule has 0 saturated carbocycles. The standard InChI is InChI=1S/C13H19N3O2/c1-9-14-8-11-10(15-9)6-5-7-16(11)12(17)18-13(2,3)4/h8H,5-7H2,1-4H3. The van der Waals surface area contributed by atoms with Gasteiger partial charge in [-0.05, 0) is 40.5 Å². The lowest BCUT2D eigenvalue weighted by molar-refractivity contribution is 0.0577. The second-order valence-electron chi connectivity index (χ2n) is 5.48. The molecule has 5 heteroatoms. The Balaban J connectivity index is 2.25. The molecule has 2 heterocycles. The maximum Gasteiger partial charge on any atom is 0.414 e. The molecule has 18 heavy (non-hydrogen) atoms. The number of nitrogens with zero attached hydrogens (tertiary/aromatic N) is 3. The number of carbonyl (C=O) groups is 1. The summed E-state index contributed by atoms with van der Waals surface area (Å²) in [7, 11) is 0. The van der Waals surface area contributed by atoms with Crippen LogP contribution in [0.2, 0.25) is 0 Å². The lowest BCUT2D eigenvalue weighted by atomic mass is 10.1. The fraction of sp³-hybridized carbons (Fsp3) is 0.615. The van der Waals surface area contributed by atoms with Crippen LogP contribution in [0.25, 0.3) is 0 Å². The van der Waals surface area contributed by atoms with Gasteiger partial charge in [0.25, 0.3) is 0 Å². The number of rotatable bonds is 0. The highest BCUT2D eigenvalue weighted by Gasteiger charge is 2.28. The molecule has 1 aliphatic heterocycles. The highest BCUT2D eigenvalue weighted by Crippen LogP contribution is 2.26. The Morgan fingerprint density at radius 1 is 1.44 bits per heavy atom. The van der Waals surface area contributed by atoms with E-state index in [4.69, 9.17) is 4.74 Å². The molecule has 0 aromatic carbocycles. The third-order valence-corrected chi connectivity index (χ3v) is 2.67. The monoisotopic (exact) mass is 249 g/mol. The third-order valence-electron chi connectivity index (χ3n) is 2.67. The van der Waals surface area contributed by atoms with E-state index < -0.39 is 5.60 Å². The van der Waals surface area contributed by atoms with Crippen molar-refractivity contribution in [1.82, 2.24) is 9.97 Å². The second kappa shape index (κ2) is 4.55. The molecule has 0 saturated heterocycles. The zero-order valence-corrected chi connectivity index (χ0v) is 11.4. The van der Waals surface area contributed by atoms with Gasteiger partial charge in [0.15, 0.2) is 0 Å². The highest BCUT2D eigenvalue weighted by atomic mass is 16.6. The fourth-order valence-electron chi connectivity index (χ4n) is 1.95. The Morgan fingerprint density at radius 3 is 2.83 bits per heavy atom. The third kappa shape index (κ3) is 2.78. The van der Waals surface area contributed by atoms with Crippen molar-refractivity contribution in [3.8, 4) is 0 Å². The van der Waals surface area contributed by atoms with Gasteiger partial charge in [-0.1, -0.05) is 0 Å². The van der Waals surface area contributed by atoms with Gasteiger partial charge in [0.2, 0.25) is 0 Å². The van der Waals surface area contributed by atoms with Crippen LogP contribution in [0, 0.1) is 6.92 Å². The molecule has 1 amide bonds. The number of aryl methyl sites for hydroxylation is 2.